The van der Waals surface area contributed by atoms with Gasteiger partial charge < -0.3 is 9.47 Å². The van der Waals surface area contributed by atoms with E-state index in [-0.39, 0.29) is 17.6 Å². The maximum absolute atomic E-state index is 11.5. The topological polar surface area (TPSA) is 55.9 Å². The second kappa shape index (κ2) is 3.77. The first-order valence-corrected chi connectivity index (χ1v) is 5.15. The van der Waals surface area contributed by atoms with Gasteiger partial charge in [-0.2, -0.15) is 0 Å². The van der Waals surface area contributed by atoms with Crippen LogP contribution in [-0.2, 0) is 19.1 Å². The molecule has 2 aliphatic rings. The molecule has 2 fully saturated rings. The highest BCUT2D eigenvalue weighted by Crippen LogP contribution is 2.39. The quantitative estimate of drug-likeness (QED) is 0.297. The van der Waals surface area contributed by atoms with E-state index in [0.717, 1.165) is 12.8 Å². The van der Waals surface area contributed by atoms with Crippen LogP contribution in [0.1, 0.15) is 26.2 Å². The molecule has 3 unspecified atom stereocenters. The number of epoxide rings is 1. The molecular formula is C11H14O4. The van der Waals surface area contributed by atoms with Crippen molar-refractivity contribution in [1.29, 1.82) is 0 Å². The van der Waals surface area contributed by atoms with Crippen LogP contribution in [0, 0.1) is 5.92 Å². The molecule has 0 spiro atoms. The predicted molar refractivity (Wildman–Crippen MR) is 51.9 cm³/mol. The van der Waals surface area contributed by atoms with E-state index in [1.165, 1.54) is 6.92 Å². The average Bonchev–Trinajstić information content (AvgIpc) is 2.94. The minimum atomic E-state index is -0.626. The molecule has 0 aromatic rings. The predicted octanol–water partition coefficient (Wildman–Crippen LogP) is 1.20. The van der Waals surface area contributed by atoms with Crippen LogP contribution in [0.25, 0.3) is 0 Å². The number of hydrogen-bond donors (Lipinski definition) is 0. The molecule has 2 rings (SSSR count). The minimum absolute atomic E-state index is 0.183. The largest absolute Gasteiger partial charge is 0.389 e. The van der Waals surface area contributed by atoms with Crippen molar-refractivity contribution in [2.24, 2.45) is 5.92 Å². The molecular weight excluding hydrogens is 196 g/mol. The van der Waals surface area contributed by atoms with Gasteiger partial charge in [0.25, 0.3) is 0 Å². The summed E-state index contributed by atoms with van der Waals surface area (Å²) in [6.45, 7) is 4.95. The van der Waals surface area contributed by atoms with Crippen LogP contribution < -0.4 is 0 Å². The second-order valence-corrected chi connectivity index (χ2v) is 4.21. The van der Waals surface area contributed by atoms with Crippen LogP contribution in [0.5, 0.6) is 0 Å². The lowest BCUT2D eigenvalue weighted by molar-refractivity contribution is -0.160. The highest BCUT2D eigenvalue weighted by atomic mass is 16.6. The number of carbonyl (C=O) groups is 2. The van der Waals surface area contributed by atoms with E-state index in [1.807, 2.05) is 0 Å². The van der Waals surface area contributed by atoms with E-state index in [9.17, 15) is 9.59 Å². The molecule has 15 heavy (non-hydrogen) atoms. The highest BCUT2D eigenvalue weighted by molar-refractivity contribution is 5.95. The Morgan fingerprint density at radius 2 is 2.07 bits per heavy atom. The van der Waals surface area contributed by atoms with Crippen molar-refractivity contribution in [3.8, 4) is 0 Å². The van der Waals surface area contributed by atoms with Crippen LogP contribution in [0.15, 0.2) is 12.2 Å². The SMILES string of the molecule is C=C(C)C(=O)OC(=O)C1CCC2OC2C1. The Bertz CT molecular complexity index is 321. The fraction of sp³-hybridized carbons (Fsp3) is 0.636. The molecule has 0 amide bonds. The lowest BCUT2D eigenvalue weighted by Crippen LogP contribution is -2.26. The molecule has 4 heteroatoms. The summed E-state index contributed by atoms with van der Waals surface area (Å²) in [7, 11) is 0. The molecule has 1 heterocycles. The number of fused-ring (bicyclic) bond motifs is 1. The smallest absolute Gasteiger partial charge is 0.340 e. The molecule has 0 aromatic carbocycles. The summed E-state index contributed by atoms with van der Waals surface area (Å²) in [5.74, 6) is -1.24. The molecule has 0 radical (unpaired) electrons. The number of hydrogen-bond acceptors (Lipinski definition) is 4. The summed E-state index contributed by atoms with van der Waals surface area (Å²) < 4.78 is 9.99. The Morgan fingerprint density at radius 3 is 2.67 bits per heavy atom. The average molecular weight is 210 g/mol. The van der Waals surface area contributed by atoms with Crippen molar-refractivity contribution >= 4 is 11.9 Å². The number of ether oxygens (including phenoxy) is 2. The van der Waals surface area contributed by atoms with Crippen LogP contribution in [0.2, 0.25) is 0 Å². The third-order valence-electron chi connectivity index (χ3n) is 2.88. The molecule has 0 N–H and O–H groups in total. The number of rotatable bonds is 2. The fourth-order valence-electron chi connectivity index (χ4n) is 1.88. The zero-order valence-corrected chi connectivity index (χ0v) is 8.69. The number of carbonyl (C=O) groups excluding carboxylic acids is 2. The molecule has 3 atom stereocenters. The van der Waals surface area contributed by atoms with Crippen molar-refractivity contribution in [1.82, 2.24) is 0 Å². The zero-order chi connectivity index (χ0) is 11.0. The first-order chi connectivity index (χ1) is 7.08. The van der Waals surface area contributed by atoms with Gasteiger partial charge in [-0.3, -0.25) is 4.79 Å². The van der Waals surface area contributed by atoms with Crippen molar-refractivity contribution in [3.63, 3.8) is 0 Å². The van der Waals surface area contributed by atoms with Crippen molar-refractivity contribution in [3.05, 3.63) is 12.2 Å². The Hall–Kier alpha value is -1.16. The van der Waals surface area contributed by atoms with Crippen molar-refractivity contribution in [2.45, 2.75) is 38.4 Å². The summed E-state index contributed by atoms with van der Waals surface area (Å²) in [6, 6.07) is 0. The Labute approximate surface area is 88.2 Å². The Kier molecular flexibility index (Phi) is 2.61. The molecule has 82 valence electrons. The summed E-state index contributed by atoms with van der Waals surface area (Å²) in [4.78, 5) is 22.7. The maximum Gasteiger partial charge on any atom is 0.340 e. The van der Waals surface area contributed by atoms with E-state index in [2.05, 4.69) is 11.3 Å². The van der Waals surface area contributed by atoms with Gasteiger partial charge in [-0.1, -0.05) is 6.58 Å². The summed E-state index contributed by atoms with van der Waals surface area (Å²) >= 11 is 0. The van der Waals surface area contributed by atoms with Gasteiger partial charge in [0.15, 0.2) is 0 Å². The van der Waals surface area contributed by atoms with E-state index >= 15 is 0 Å². The second-order valence-electron chi connectivity index (χ2n) is 4.21. The first kappa shape index (κ1) is 10.4. The summed E-state index contributed by atoms with van der Waals surface area (Å²) in [5, 5.41) is 0. The van der Waals surface area contributed by atoms with Crippen molar-refractivity contribution in [2.75, 3.05) is 0 Å². The van der Waals surface area contributed by atoms with Crippen molar-refractivity contribution < 1.29 is 19.1 Å². The third-order valence-corrected chi connectivity index (χ3v) is 2.88. The monoisotopic (exact) mass is 210 g/mol. The molecule has 1 saturated carbocycles. The van der Waals surface area contributed by atoms with Gasteiger partial charge in [-0.15, -0.1) is 0 Å². The normalized spacial score (nSPS) is 32.7. The van der Waals surface area contributed by atoms with Gasteiger partial charge in [-0.25, -0.2) is 4.79 Å². The third kappa shape index (κ3) is 2.26. The molecule has 1 saturated heterocycles. The van der Waals surface area contributed by atoms with E-state index < -0.39 is 11.9 Å². The van der Waals surface area contributed by atoms with Crippen LogP contribution >= 0.6 is 0 Å². The number of esters is 2. The van der Waals surface area contributed by atoms with Gasteiger partial charge >= 0.3 is 11.9 Å². The zero-order valence-electron chi connectivity index (χ0n) is 8.69. The van der Waals surface area contributed by atoms with E-state index in [1.54, 1.807) is 0 Å². The van der Waals surface area contributed by atoms with Crippen LogP contribution in [-0.4, -0.2) is 24.1 Å². The molecule has 1 aliphatic carbocycles. The highest BCUT2D eigenvalue weighted by Gasteiger charge is 2.46. The van der Waals surface area contributed by atoms with E-state index in [0.29, 0.717) is 12.5 Å². The van der Waals surface area contributed by atoms with Gasteiger partial charge in [0.1, 0.15) is 0 Å². The van der Waals surface area contributed by atoms with Gasteiger partial charge in [0.05, 0.1) is 18.1 Å². The summed E-state index contributed by atoms with van der Waals surface area (Å²) in [6.07, 6.45) is 2.91. The Balaban J connectivity index is 1.85. The molecule has 0 aromatic heterocycles. The van der Waals surface area contributed by atoms with Gasteiger partial charge in [0.2, 0.25) is 0 Å². The molecule has 1 aliphatic heterocycles. The lowest BCUT2D eigenvalue weighted by atomic mass is 9.89. The Morgan fingerprint density at radius 1 is 1.33 bits per heavy atom. The summed E-state index contributed by atoms with van der Waals surface area (Å²) in [5.41, 5.74) is 0.250. The maximum atomic E-state index is 11.5. The minimum Gasteiger partial charge on any atom is -0.389 e. The van der Waals surface area contributed by atoms with Gasteiger partial charge in [-0.05, 0) is 26.2 Å². The molecule has 0 bridgehead atoms. The van der Waals surface area contributed by atoms with Crippen LogP contribution in [0.3, 0.4) is 0 Å². The van der Waals surface area contributed by atoms with Gasteiger partial charge in [0, 0.05) is 5.57 Å². The van der Waals surface area contributed by atoms with E-state index in [4.69, 9.17) is 4.74 Å². The van der Waals surface area contributed by atoms with Crippen LogP contribution in [0.4, 0.5) is 0 Å². The lowest BCUT2D eigenvalue weighted by Gasteiger charge is -2.16. The molecule has 4 nitrogen and oxygen atoms in total. The fourth-order valence-corrected chi connectivity index (χ4v) is 1.88. The first-order valence-electron chi connectivity index (χ1n) is 5.15. The standard InChI is InChI=1S/C11H14O4/c1-6(2)10(12)15-11(13)7-3-4-8-9(5-7)14-8/h7-9H,1,3-5H2,2H3.